The number of aliphatic hydroxyl groups is 1. The zero-order valence-electron chi connectivity index (χ0n) is 54.0. The molecule has 475 valence electrons. The number of unbranched alkanes of at least 4 members (excludes halogenated alkanes) is 1. The number of phenols is 4. The number of benzene rings is 8. The van der Waals surface area contributed by atoms with Gasteiger partial charge in [-0.15, -0.1) is 0 Å². The summed E-state index contributed by atoms with van der Waals surface area (Å²) in [5.41, 5.74) is 6.29. The van der Waals surface area contributed by atoms with Crippen LogP contribution >= 0.6 is 0 Å². The molecule has 0 fully saturated rings. The molecule has 0 unspecified atom stereocenters. The predicted octanol–water partition coefficient (Wildman–Crippen LogP) is 3.43. The molecule has 0 aliphatic rings. The van der Waals surface area contributed by atoms with E-state index in [0.29, 0.717) is 54.9 Å². The van der Waals surface area contributed by atoms with Crippen LogP contribution in [0.1, 0.15) is 92.9 Å². The number of ether oxygens (including phenoxy) is 2. The molecule has 3 radical (unpaired) electrons. The van der Waals surface area contributed by atoms with Gasteiger partial charge in [-0.3, -0.25) is 27.5 Å². The molecule has 0 spiro atoms. The molecule has 92 heavy (non-hydrogen) atoms. The molecular formula is C67H73B2K2O19S2. The monoisotopic (exact) mass is 1350 g/mol. The Hall–Kier alpha value is -5.82. The Balaban J connectivity index is 0.00000121. The van der Waals surface area contributed by atoms with Crippen molar-refractivity contribution in [1.29, 1.82) is 1.34 Å². The van der Waals surface area contributed by atoms with E-state index in [1.807, 2.05) is 57.2 Å². The molecule has 0 aliphatic heterocycles. The Kier molecular flexibility index (Phi) is 42.1. The Morgan fingerprint density at radius 2 is 0.761 bits per heavy atom. The first kappa shape index (κ1) is 82.3. The van der Waals surface area contributed by atoms with E-state index in [9.17, 15) is 41.4 Å². The average molecular weight is 1350 g/mol. The van der Waals surface area contributed by atoms with Crippen LogP contribution in [0.5, 0.6) is 34.5 Å². The number of ketones is 3. The minimum absolute atomic E-state index is 0. The number of Topliss-reactive ketones (excluding diaryl/α,β-unsaturated/α-hetero) is 3. The number of phenolic OH excluding ortho intramolecular Hbond substituents is 4. The summed E-state index contributed by atoms with van der Waals surface area (Å²) >= 11 is 0. The third-order valence-corrected chi connectivity index (χ3v) is 14.9. The van der Waals surface area contributed by atoms with Crippen LogP contribution in [0, 0.1) is 13.8 Å². The molecule has 0 saturated carbocycles. The maximum Gasteiger partial charge on any atom is 1.00 e. The quantitative estimate of drug-likeness (QED) is 0.00986. The Bertz CT molecular complexity index is 3640. The van der Waals surface area contributed by atoms with E-state index in [-0.39, 0.29) is 193 Å². The van der Waals surface area contributed by atoms with E-state index in [1.165, 1.54) is 48.5 Å². The number of aromatic hydroxyl groups is 4. The van der Waals surface area contributed by atoms with Crippen molar-refractivity contribution in [3.8, 4) is 34.5 Å². The zero-order valence-corrected chi connectivity index (χ0v) is 59.8. The summed E-state index contributed by atoms with van der Waals surface area (Å²) in [6.07, 6.45) is 3.52. The minimum atomic E-state index is -3.77. The van der Waals surface area contributed by atoms with Crippen LogP contribution in [-0.2, 0) is 57.5 Å². The number of hydrogen-bond acceptors (Lipinski definition) is 19. The van der Waals surface area contributed by atoms with Crippen molar-refractivity contribution in [3.05, 3.63) is 239 Å². The van der Waals surface area contributed by atoms with E-state index in [2.05, 4.69) is 12.6 Å². The van der Waals surface area contributed by atoms with E-state index < -0.39 is 20.2 Å². The van der Waals surface area contributed by atoms with E-state index in [4.69, 9.17) is 44.5 Å². The van der Waals surface area contributed by atoms with Crippen LogP contribution in [0.3, 0.4) is 0 Å². The molecule has 19 nitrogen and oxygen atoms in total. The molecule has 5 N–H and O–H groups in total. The van der Waals surface area contributed by atoms with Gasteiger partial charge in [0, 0.05) is 70.8 Å². The average Bonchev–Trinajstić information content (AvgIpc) is 0.961. The first-order valence-corrected chi connectivity index (χ1v) is 30.7. The molecule has 0 saturated heterocycles. The van der Waals surface area contributed by atoms with Gasteiger partial charge in [-0.25, -0.2) is 0 Å². The van der Waals surface area contributed by atoms with Crippen LogP contribution in [0.2, 0.25) is 0 Å². The first-order chi connectivity index (χ1) is 43.6. The molecule has 0 amide bonds. The van der Waals surface area contributed by atoms with E-state index in [0.717, 1.165) is 54.1 Å². The smallest absolute Gasteiger partial charge is 1.00 e. The van der Waals surface area contributed by atoms with Crippen LogP contribution in [0.4, 0.5) is 0 Å². The second-order valence-electron chi connectivity index (χ2n) is 19.2. The molecule has 8 aromatic rings. The van der Waals surface area contributed by atoms with Crippen molar-refractivity contribution in [2.24, 2.45) is 0 Å². The first-order valence-electron chi connectivity index (χ1n) is 28.5. The Labute approximate surface area is 628 Å². The van der Waals surface area contributed by atoms with Crippen molar-refractivity contribution in [1.82, 2.24) is 0 Å². The Morgan fingerprint density at radius 3 is 1.04 bits per heavy atom. The second kappa shape index (κ2) is 47.1. The SMILES string of the molecule is CCCCOS(=O)(=O)c1ccc(C)cc1.Cc1ccc(S(=O)(=O)OCCCOc2ccc(CC(=O)c3ccc(O)cc3)cc2)cc1.O=C(Cc1ccc(O)cc1)c1ccc(O)cc1.O=C(Cc1ccc(OCCCO)cc1)c1ccc(O)cc1.O=CO[O-].[2H][B][B].[H-].[K+].[K+]. The molecule has 8 aromatic carbocycles. The third-order valence-electron chi connectivity index (χ3n) is 12.2. The normalized spacial score (nSPS) is 10.3. The van der Waals surface area contributed by atoms with Gasteiger partial charge in [0.2, 0.25) is 0 Å². The van der Waals surface area contributed by atoms with Gasteiger partial charge in [-0.1, -0.05) is 85.1 Å². The van der Waals surface area contributed by atoms with Crippen molar-refractivity contribution >= 4 is 59.5 Å². The number of carbonyl (C=O) groups excluding carboxylic acids is 4. The number of aryl methyl sites for hydroxylation is 2. The number of hydrogen-bond donors (Lipinski definition) is 5. The van der Waals surface area contributed by atoms with Gasteiger partial charge < -0.3 is 46.6 Å². The van der Waals surface area contributed by atoms with Crippen molar-refractivity contribution < 1.29 is 194 Å². The summed E-state index contributed by atoms with van der Waals surface area (Å²) in [6.45, 7) is 6.77. The third kappa shape index (κ3) is 33.8. The van der Waals surface area contributed by atoms with Gasteiger partial charge in [0.1, 0.15) is 34.5 Å². The fraction of sp³-hybridized carbons (Fsp3) is 0.224. The summed E-state index contributed by atoms with van der Waals surface area (Å²) in [5.74, 6) is 1.90. The topological polar surface area (TPSA) is 307 Å². The summed E-state index contributed by atoms with van der Waals surface area (Å²) in [5, 5.41) is 53.9. The molecular weight excluding hydrogens is 1270 g/mol. The Morgan fingerprint density at radius 1 is 0.489 bits per heavy atom. The maximum absolute atomic E-state index is 12.3. The van der Waals surface area contributed by atoms with Crippen LogP contribution in [0.25, 0.3) is 0 Å². The molecule has 0 bridgehead atoms. The molecule has 25 heteroatoms. The summed E-state index contributed by atoms with van der Waals surface area (Å²) in [6, 6.07) is 52.8. The predicted molar refractivity (Wildman–Crippen MR) is 341 cm³/mol. The van der Waals surface area contributed by atoms with Gasteiger partial charge in [-0.2, -0.15) is 16.8 Å². The van der Waals surface area contributed by atoms with Gasteiger partial charge >= 0.3 is 103 Å². The maximum atomic E-state index is 12.3. The van der Waals surface area contributed by atoms with Gasteiger partial charge in [0.15, 0.2) is 17.3 Å². The van der Waals surface area contributed by atoms with Crippen molar-refractivity contribution in [2.45, 2.75) is 75.5 Å². The van der Waals surface area contributed by atoms with Crippen molar-refractivity contribution in [2.75, 3.05) is 33.0 Å². The summed E-state index contributed by atoms with van der Waals surface area (Å²) < 4.78 is 74.2. The fourth-order valence-electron chi connectivity index (χ4n) is 7.36. The van der Waals surface area contributed by atoms with E-state index in [1.54, 1.807) is 109 Å². The largest absolute Gasteiger partial charge is 1.00 e. The molecule has 0 atom stereocenters. The number of rotatable bonds is 26. The fourth-order valence-corrected chi connectivity index (χ4v) is 9.24. The minimum Gasteiger partial charge on any atom is -1.00 e. The molecule has 0 aliphatic carbocycles. The molecule has 8 rings (SSSR count). The second-order valence-corrected chi connectivity index (χ2v) is 22.5. The van der Waals surface area contributed by atoms with Crippen LogP contribution < -0.4 is 118 Å². The zero-order chi connectivity index (χ0) is 67.0. The number of aliphatic hydroxyl groups excluding tert-OH is 1. The van der Waals surface area contributed by atoms with Gasteiger partial charge in [0.05, 0.1) is 36.2 Å². The summed E-state index contributed by atoms with van der Waals surface area (Å²) in [4.78, 5) is 47.8. The van der Waals surface area contributed by atoms with Crippen molar-refractivity contribution in [3.63, 3.8) is 0 Å². The van der Waals surface area contributed by atoms with Crippen LogP contribution in [-0.4, -0.2) is 116 Å². The molecule has 0 aromatic heterocycles. The van der Waals surface area contributed by atoms with E-state index >= 15 is 0 Å². The molecule has 0 heterocycles. The number of carbonyl (C=O) groups is 4. The van der Waals surface area contributed by atoms with Crippen LogP contribution in [0.15, 0.2) is 204 Å². The van der Waals surface area contributed by atoms with Gasteiger partial charge in [0.25, 0.3) is 26.7 Å². The summed E-state index contributed by atoms with van der Waals surface area (Å²) in [7, 11) is -2.18. The standard InChI is InChI=1S/C24H24O6S.C17H18O4.C14H12O3.C11H16O3S.CH2O3.B2H.2K.H/c1-18-3-13-23(14-4-18)31(27,28)30-16-2-15-29-22-11-5-19(6-12-22)17-24(26)20-7-9-21(25)10-8-20;18-10-1-11-21-16-8-2-13(3-9-16)12-17(20)14-4-6-15(19)7-5-14;15-12-5-1-10(2-6-12)9-14(17)11-3-7-13(16)8-4-11;1-3-4-9-14-15(12,13)11-7-5-10(2)6-8-11;2-1-4-3;1-2;;;/h3-14,25H,2,15-17H2,1H3;2-9,18-19H,1,10-12H2;1-8,15-16H,9H2;5-8H,3-4,9H2,1-2H3;1,3H;1H;;;/q;;;;;;2*+1;-1/p-1/i;;;;;1D;;;. The van der Waals surface area contributed by atoms with Gasteiger partial charge in [-0.05, 0) is 172 Å².